The fourth-order valence-corrected chi connectivity index (χ4v) is 0.730. The van der Waals surface area contributed by atoms with Crippen molar-refractivity contribution in [3.05, 3.63) is 30.3 Å². The molecule has 1 aromatic carbocycles. The molecule has 3 heteroatoms. The highest BCUT2D eigenvalue weighted by molar-refractivity contribution is 5.72. The van der Waals surface area contributed by atoms with Crippen molar-refractivity contribution in [2.75, 3.05) is 11.9 Å². The number of benzene rings is 1. The fraction of sp³-hybridized carbons (Fsp3) is 0.125. The fourth-order valence-electron chi connectivity index (χ4n) is 0.730. The maximum Gasteiger partial charge on any atom is 0.374 e. The predicted octanol–water partition coefficient (Wildman–Crippen LogP) is 1.06. The Morgan fingerprint density at radius 1 is 1.27 bits per heavy atom. The summed E-state index contributed by atoms with van der Waals surface area (Å²) in [5.41, 5.74) is 0.789. The summed E-state index contributed by atoms with van der Waals surface area (Å²) in [7, 11) is 0. The van der Waals surface area contributed by atoms with Gasteiger partial charge in [-0.25, -0.2) is 9.90 Å². The molecule has 0 unspecified atom stereocenters. The number of para-hydroxylation sites is 1. The topological polar surface area (TPSA) is 49.0 Å². The summed E-state index contributed by atoms with van der Waals surface area (Å²) >= 11 is 0. The van der Waals surface area contributed by atoms with Crippen LogP contribution in [0.5, 0.6) is 0 Å². The molecule has 1 aromatic rings. The highest BCUT2D eigenvalue weighted by Gasteiger charge is 1.96. The van der Waals surface area contributed by atoms with Gasteiger partial charge in [-0.2, -0.15) is 0 Å². The second-order valence-corrected chi connectivity index (χ2v) is 2.09. The smallest absolute Gasteiger partial charge is 0.374 e. The van der Waals surface area contributed by atoms with Gasteiger partial charge in [0.25, 0.3) is 0 Å². The van der Waals surface area contributed by atoms with Gasteiger partial charge in [0.15, 0.2) is 0 Å². The van der Waals surface area contributed by atoms with Crippen LogP contribution in [0.2, 0.25) is 0 Å². The monoisotopic (exact) mass is 150 g/mol. The SMILES string of the molecule is [O]C(=O)CNc1ccccc1. The Morgan fingerprint density at radius 2 is 1.91 bits per heavy atom. The second kappa shape index (κ2) is 3.61. The summed E-state index contributed by atoms with van der Waals surface area (Å²) in [6.07, 6.45) is 0. The Kier molecular flexibility index (Phi) is 2.49. The molecular weight excluding hydrogens is 142 g/mol. The largest absolute Gasteiger partial charge is 0.375 e. The van der Waals surface area contributed by atoms with Crippen LogP contribution in [0.3, 0.4) is 0 Å². The molecule has 0 saturated carbocycles. The van der Waals surface area contributed by atoms with Crippen molar-refractivity contribution in [3.8, 4) is 0 Å². The number of anilines is 1. The highest BCUT2D eigenvalue weighted by Crippen LogP contribution is 2.03. The minimum absolute atomic E-state index is 0.149. The van der Waals surface area contributed by atoms with E-state index >= 15 is 0 Å². The van der Waals surface area contributed by atoms with Crippen LogP contribution in [-0.4, -0.2) is 12.5 Å². The molecule has 0 heterocycles. The zero-order valence-electron chi connectivity index (χ0n) is 5.91. The normalized spacial score (nSPS) is 9.09. The standard InChI is InChI=1S/C8H8NO2/c10-8(11)6-9-7-4-2-1-3-5-7/h1-5,9H,6H2. The van der Waals surface area contributed by atoms with E-state index < -0.39 is 5.97 Å². The molecule has 1 radical (unpaired) electrons. The van der Waals surface area contributed by atoms with Crippen molar-refractivity contribution in [1.29, 1.82) is 0 Å². The number of hydrogen-bond acceptors (Lipinski definition) is 2. The summed E-state index contributed by atoms with van der Waals surface area (Å²) in [4.78, 5) is 10.00. The van der Waals surface area contributed by atoms with Crippen molar-refractivity contribution in [1.82, 2.24) is 0 Å². The summed E-state index contributed by atoms with van der Waals surface area (Å²) in [5, 5.41) is 12.7. The van der Waals surface area contributed by atoms with E-state index in [1.165, 1.54) is 0 Å². The minimum atomic E-state index is -1.10. The van der Waals surface area contributed by atoms with Crippen molar-refractivity contribution in [2.24, 2.45) is 0 Å². The van der Waals surface area contributed by atoms with Crippen molar-refractivity contribution in [2.45, 2.75) is 0 Å². The van der Waals surface area contributed by atoms with Crippen LogP contribution in [0.25, 0.3) is 0 Å². The molecular formula is C8H8NO2. The van der Waals surface area contributed by atoms with Gasteiger partial charge in [-0.3, -0.25) is 0 Å². The van der Waals surface area contributed by atoms with Gasteiger partial charge in [0.1, 0.15) is 6.54 Å². The first-order valence-corrected chi connectivity index (χ1v) is 3.28. The van der Waals surface area contributed by atoms with Gasteiger partial charge in [0, 0.05) is 5.69 Å². The van der Waals surface area contributed by atoms with Crippen LogP contribution in [0.15, 0.2) is 30.3 Å². The third kappa shape index (κ3) is 2.71. The molecule has 1 rings (SSSR count). The molecule has 0 bridgehead atoms. The lowest BCUT2D eigenvalue weighted by Gasteiger charge is -1.99. The second-order valence-electron chi connectivity index (χ2n) is 2.09. The van der Waals surface area contributed by atoms with E-state index in [9.17, 15) is 9.90 Å². The van der Waals surface area contributed by atoms with Crippen molar-refractivity contribution in [3.63, 3.8) is 0 Å². The zero-order valence-corrected chi connectivity index (χ0v) is 5.91. The maximum atomic E-state index is 10.00. The van der Waals surface area contributed by atoms with Gasteiger partial charge in [-0.15, -0.1) is 0 Å². The lowest BCUT2D eigenvalue weighted by atomic mass is 10.3. The quantitative estimate of drug-likeness (QED) is 0.700. The Morgan fingerprint density at radius 3 is 2.45 bits per heavy atom. The summed E-state index contributed by atoms with van der Waals surface area (Å²) in [5.74, 6) is -1.10. The predicted molar refractivity (Wildman–Crippen MR) is 40.6 cm³/mol. The van der Waals surface area contributed by atoms with Crippen molar-refractivity contribution >= 4 is 11.7 Å². The van der Waals surface area contributed by atoms with Crippen LogP contribution in [-0.2, 0) is 9.90 Å². The van der Waals surface area contributed by atoms with Gasteiger partial charge < -0.3 is 5.32 Å². The summed E-state index contributed by atoms with van der Waals surface area (Å²) in [6, 6.07) is 9.12. The molecule has 57 valence electrons. The van der Waals surface area contributed by atoms with E-state index in [1.54, 1.807) is 12.1 Å². The molecule has 0 saturated heterocycles. The van der Waals surface area contributed by atoms with E-state index in [-0.39, 0.29) is 6.54 Å². The number of rotatable bonds is 3. The molecule has 0 aliphatic rings. The van der Waals surface area contributed by atoms with E-state index in [0.29, 0.717) is 0 Å². The van der Waals surface area contributed by atoms with Crippen LogP contribution >= 0.6 is 0 Å². The van der Waals surface area contributed by atoms with E-state index in [0.717, 1.165) is 5.69 Å². The van der Waals surface area contributed by atoms with Gasteiger partial charge in [-0.05, 0) is 12.1 Å². The highest BCUT2D eigenvalue weighted by atomic mass is 16.4. The first-order chi connectivity index (χ1) is 5.29. The molecule has 0 spiro atoms. The molecule has 0 aliphatic carbocycles. The summed E-state index contributed by atoms with van der Waals surface area (Å²) in [6.45, 7) is -0.149. The molecule has 3 nitrogen and oxygen atoms in total. The first kappa shape index (κ1) is 7.60. The Labute approximate surface area is 64.7 Å². The Balaban J connectivity index is 2.45. The van der Waals surface area contributed by atoms with Gasteiger partial charge in [-0.1, -0.05) is 18.2 Å². The Bertz CT molecular complexity index is 233. The molecule has 0 aromatic heterocycles. The third-order valence-electron chi connectivity index (χ3n) is 1.21. The van der Waals surface area contributed by atoms with Gasteiger partial charge >= 0.3 is 5.97 Å². The lowest BCUT2D eigenvalue weighted by Crippen LogP contribution is -2.10. The van der Waals surface area contributed by atoms with Crippen LogP contribution in [0, 0.1) is 0 Å². The number of hydrogen-bond donors (Lipinski definition) is 1. The van der Waals surface area contributed by atoms with E-state index in [2.05, 4.69) is 5.32 Å². The summed E-state index contributed by atoms with van der Waals surface area (Å²) < 4.78 is 0. The minimum Gasteiger partial charge on any atom is -0.375 e. The third-order valence-corrected chi connectivity index (χ3v) is 1.21. The maximum absolute atomic E-state index is 10.00. The van der Waals surface area contributed by atoms with Crippen LogP contribution in [0.1, 0.15) is 0 Å². The number of nitrogens with one attached hydrogen (secondary N) is 1. The van der Waals surface area contributed by atoms with Crippen molar-refractivity contribution < 1.29 is 9.90 Å². The first-order valence-electron chi connectivity index (χ1n) is 3.28. The Hall–Kier alpha value is -1.51. The molecule has 0 atom stereocenters. The molecule has 11 heavy (non-hydrogen) atoms. The van der Waals surface area contributed by atoms with E-state index in [4.69, 9.17) is 0 Å². The zero-order chi connectivity index (χ0) is 8.10. The number of carbonyl (C=O) groups excluding carboxylic acids is 1. The molecule has 0 aliphatic heterocycles. The van der Waals surface area contributed by atoms with Gasteiger partial charge in [0.2, 0.25) is 0 Å². The van der Waals surface area contributed by atoms with E-state index in [1.807, 2.05) is 18.2 Å². The molecule has 0 amide bonds. The lowest BCUT2D eigenvalue weighted by molar-refractivity contribution is -0.140. The molecule has 1 N–H and O–H groups in total. The van der Waals surface area contributed by atoms with Gasteiger partial charge in [0.05, 0.1) is 0 Å². The average Bonchev–Trinajstić information content (AvgIpc) is 2.03. The van der Waals surface area contributed by atoms with Crippen LogP contribution in [0.4, 0.5) is 5.69 Å². The average molecular weight is 150 g/mol. The van der Waals surface area contributed by atoms with Crippen LogP contribution < -0.4 is 5.32 Å². The molecule has 0 fully saturated rings. The number of carbonyl (C=O) groups is 1.